The molecular formula is C14H20ClN3. The third-order valence-corrected chi connectivity index (χ3v) is 4.20. The largest absolute Gasteiger partial charge is 0.366 e. The number of piperidine rings is 1. The van der Waals surface area contributed by atoms with E-state index in [1.807, 2.05) is 12.3 Å². The molecule has 1 aliphatic heterocycles. The first-order valence-electron chi connectivity index (χ1n) is 6.94. The maximum absolute atomic E-state index is 6.27. The molecule has 0 aromatic carbocycles. The minimum Gasteiger partial charge on any atom is -0.366 e. The highest BCUT2D eigenvalue weighted by molar-refractivity contribution is 6.33. The molecule has 18 heavy (non-hydrogen) atoms. The van der Waals surface area contributed by atoms with Crippen LogP contribution in [0.4, 0.5) is 5.69 Å². The van der Waals surface area contributed by atoms with Crippen LogP contribution in [-0.2, 0) is 0 Å². The smallest absolute Gasteiger partial charge is 0.0822 e. The molecule has 2 heterocycles. The van der Waals surface area contributed by atoms with Crippen LogP contribution in [0.3, 0.4) is 0 Å². The molecule has 1 saturated heterocycles. The van der Waals surface area contributed by atoms with Crippen molar-refractivity contribution in [3.05, 3.63) is 23.5 Å². The summed E-state index contributed by atoms with van der Waals surface area (Å²) in [6, 6.07) is 3.40. The van der Waals surface area contributed by atoms with Crippen molar-refractivity contribution in [2.24, 2.45) is 0 Å². The third-order valence-electron chi connectivity index (χ3n) is 3.91. The lowest BCUT2D eigenvalue weighted by Gasteiger charge is -2.38. The molecule has 1 atom stereocenters. The number of halogens is 1. The molecule has 1 aromatic rings. The number of anilines is 1. The van der Waals surface area contributed by atoms with Crippen LogP contribution in [0.15, 0.2) is 18.5 Å². The summed E-state index contributed by atoms with van der Waals surface area (Å²) in [7, 11) is 0. The van der Waals surface area contributed by atoms with Gasteiger partial charge >= 0.3 is 0 Å². The van der Waals surface area contributed by atoms with Crippen molar-refractivity contribution in [3.8, 4) is 0 Å². The van der Waals surface area contributed by atoms with Gasteiger partial charge in [0.05, 0.1) is 10.7 Å². The van der Waals surface area contributed by atoms with Gasteiger partial charge < -0.3 is 10.2 Å². The van der Waals surface area contributed by atoms with Crippen molar-refractivity contribution in [2.75, 3.05) is 18.0 Å². The molecule has 0 bridgehead atoms. The van der Waals surface area contributed by atoms with Gasteiger partial charge in [-0.3, -0.25) is 4.98 Å². The van der Waals surface area contributed by atoms with Gasteiger partial charge in [0.15, 0.2) is 0 Å². The van der Waals surface area contributed by atoms with E-state index >= 15 is 0 Å². The molecule has 0 radical (unpaired) electrons. The molecule has 1 saturated carbocycles. The molecule has 0 amide bonds. The van der Waals surface area contributed by atoms with Crippen molar-refractivity contribution in [2.45, 2.75) is 44.2 Å². The Balaban J connectivity index is 1.71. The van der Waals surface area contributed by atoms with Crippen LogP contribution < -0.4 is 10.2 Å². The second-order valence-electron chi connectivity index (χ2n) is 5.35. The number of pyridine rings is 1. The average Bonchev–Trinajstić information content (AvgIpc) is 3.22. The Morgan fingerprint density at radius 1 is 1.33 bits per heavy atom. The van der Waals surface area contributed by atoms with E-state index in [-0.39, 0.29) is 0 Å². The zero-order valence-electron chi connectivity index (χ0n) is 10.6. The van der Waals surface area contributed by atoms with E-state index in [4.69, 9.17) is 11.6 Å². The van der Waals surface area contributed by atoms with Crippen LogP contribution in [0.25, 0.3) is 0 Å². The Bertz CT molecular complexity index is 406. The first-order valence-corrected chi connectivity index (χ1v) is 7.32. The van der Waals surface area contributed by atoms with E-state index in [1.54, 1.807) is 6.20 Å². The molecule has 2 aliphatic rings. The van der Waals surface area contributed by atoms with Gasteiger partial charge in [-0.2, -0.15) is 0 Å². The Morgan fingerprint density at radius 3 is 3.00 bits per heavy atom. The minimum atomic E-state index is 0.583. The standard InChI is InChI=1S/C14H20ClN3/c15-13-10-16-7-6-14(13)18-8-2-1-3-12(18)9-17-11-4-5-11/h6-7,10-12,17H,1-5,8-9H2. The molecule has 3 rings (SSSR count). The van der Waals surface area contributed by atoms with E-state index in [9.17, 15) is 0 Å². The average molecular weight is 266 g/mol. The highest BCUT2D eigenvalue weighted by atomic mass is 35.5. The van der Waals surface area contributed by atoms with E-state index in [0.717, 1.165) is 29.8 Å². The number of hydrogen-bond donors (Lipinski definition) is 1. The number of nitrogens with zero attached hydrogens (tertiary/aromatic N) is 2. The van der Waals surface area contributed by atoms with Gasteiger partial charge in [-0.05, 0) is 38.2 Å². The number of rotatable bonds is 4. The first kappa shape index (κ1) is 12.2. The molecule has 1 unspecified atom stereocenters. The molecular weight excluding hydrogens is 246 g/mol. The third kappa shape index (κ3) is 2.78. The molecule has 2 fully saturated rings. The minimum absolute atomic E-state index is 0.583. The van der Waals surface area contributed by atoms with Crippen LogP contribution in [0.5, 0.6) is 0 Å². The van der Waals surface area contributed by atoms with Crippen molar-refractivity contribution in [1.29, 1.82) is 0 Å². The molecule has 1 aromatic heterocycles. The van der Waals surface area contributed by atoms with Gasteiger partial charge in [0.25, 0.3) is 0 Å². The van der Waals surface area contributed by atoms with Crippen molar-refractivity contribution in [3.63, 3.8) is 0 Å². The summed E-state index contributed by atoms with van der Waals surface area (Å²) in [6.07, 6.45) is 10.1. The zero-order valence-corrected chi connectivity index (χ0v) is 11.4. The van der Waals surface area contributed by atoms with E-state index < -0.39 is 0 Å². The van der Waals surface area contributed by atoms with Crippen molar-refractivity contribution < 1.29 is 0 Å². The van der Waals surface area contributed by atoms with Gasteiger partial charge in [0.2, 0.25) is 0 Å². The quantitative estimate of drug-likeness (QED) is 0.907. The van der Waals surface area contributed by atoms with Crippen LogP contribution in [0, 0.1) is 0 Å². The van der Waals surface area contributed by atoms with Gasteiger partial charge in [-0.1, -0.05) is 11.6 Å². The Morgan fingerprint density at radius 2 is 2.22 bits per heavy atom. The van der Waals surface area contributed by atoms with Crippen LogP contribution >= 0.6 is 11.6 Å². The lowest BCUT2D eigenvalue weighted by molar-refractivity contribution is 0.434. The predicted octanol–water partition coefficient (Wildman–Crippen LogP) is 2.85. The highest BCUT2D eigenvalue weighted by Gasteiger charge is 2.27. The lowest BCUT2D eigenvalue weighted by Crippen LogP contribution is -2.46. The second-order valence-corrected chi connectivity index (χ2v) is 5.76. The Hall–Kier alpha value is -0.800. The fourth-order valence-corrected chi connectivity index (χ4v) is 2.95. The summed E-state index contributed by atoms with van der Waals surface area (Å²) in [6.45, 7) is 2.20. The number of aromatic nitrogens is 1. The second kappa shape index (κ2) is 5.45. The van der Waals surface area contributed by atoms with Crippen molar-refractivity contribution >= 4 is 17.3 Å². The lowest BCUT2D eigenvalue weighted by atomic mass is 10.0. The fraction of sp³-hybridized carbons (Fsp3) is 0.643. The topological polar surface area (TPSA) is 28.2 Å². The summed E-state index contributed by atoms with van der Waals surface area (Å²) in [4.78, 5) is 6.54. The Kier molecular flexibility index (Phi) is 3.71. The maximum Gasteiger partial charge on any atom is 0.0822 e. The SMILES string of the molecule is Clc1cnccc1N1CCCCC1CNC1CC1. The van der Waals surface area contributed by atoms with Gasteiger partial charge in [0, 0.05) is 37.6 Å². The van der Waals surface area contributed by atoms with Gasteiger partial charge in [-0.15, -0.1) is 0 Å². The fourth-order valence-electron chi connectivity index (χ4n) is 2.72. The van der Waals surface area contributed by atoms with Gasteiger partial charge in [-0.25, -0.2) is 0 Å². The summed E-state index contributed by atoms with van der Waals surface area (Å²) in [5, 5.41) is 4.42. The van der Waals surface area contributed by atoms with Crippen molar-refractivity contribution in [1.82, 2.24) is 10.3 Å². The zero-order chi connectivity index (χ0) is 12.4. The van der Waals surface area contributed by atoms with E-state index in [2.05, 4.69) is 15.2 Å². The monoisotopic (exact) mass is 265 g/mol. The summed E-state index contributed by atoms with van der Waals surface area (Å²) in [5.74, 6) is 0. The molecule has 98 valence electrons. The first-order chi connectivity index (χ1) is 8.84. The molecule has 4 heteroatoms. The summed E-state index contributed by atoms with van der Waals surface area (Å²) < 4.78 is 0. The van der Waals surface area contributed by atoms with Crippen LogP contribution in [0.1, 0.15) is 32.1 Å². The van der Waals surface area contributed by atoms with Crippen LogP contribution in [-0.4, -0.2) is 30.2 Å². The number of hydrogen-bond acceptors (Lipinski definition) is 3. The molecule has 1 N–H and O–H groups in total. The van der Waals surface area contributed by atoms with E-state index in [0.29, 0.717) is 6.04 Å². The molecule has 0 spiro atoms. The number of nitrogens with one attached hydrogen (secondary N) is 1. The molecule has 1 aliphatic carbocycles. The van der Waals surface area contributed by atoms with Crippen LogP contribution in [0.2, 0.25) is 5.02 Å². The Labute approximate surface area is 114 Å². The maximum atomic E-state index is 6.27. The summed E-state index contributed by atoms with van der Waals surface area (Å²) >= 11 is 6.27. The molecule has 3 nitrogen and oxygen atoms in total. The van der Waals surface area contributed by atoms with E-state index in [1.165, 1.54) is 32.1 Å². The normalized spacial score (nSPS) is 24.3. The predicted molar refractivity (Wildman–Crippen MR) is 75.3 cm³/mol. The summed E-state index contributed by atoms with van der Waals surface area (Å²) in [5.41, 5.74) is 1.15. The highest BCUT2D eigenvalue weighted by Crippen LogP contribution is 2.30. The van der Waals surface area contributed by atoms with Gasteiger partial charge in [0.1, 0.15) is 0 Å².